The third-order valence-electron chi connectivity index (χ3n) is 3.10. The molecular weight excluding hydrogens is 268 g/mol. The molecule has 0 spiro atoms. The second-order valence-corrected chi connectivity index (χ2v) is 5.67. The van der Waals surface area contributed by atoms with Crippen LogP contribution in [0.2, 0.25) is 0 Å². The fourth-order valence-corrected chi connectivity index (χ4v) is 2.14. The van der Waals surface area contributed by atoms with Crippen LogP contribution >= 0.6 is 0 Å². The largest absolute Gasteiger partial charge is 0.481 e. The highest BCUT2D eigenvalue weighted by molar-refractivity contribution is 5.88. The van der Waals surface area contributed by atoms with Crippen LogP contribution in [0.15, 0.2) is 24.3 Å². The maximum atomic E-state index is 11.1. The second-order valence-electron chi connectivity index (χ2n) is 5.67. The highest BCUT2D eigenvalue weighted by atomic mass is 16.4. The van der Waals surface area contributed by atoms with Crippen molar-refractivity contribution in [3.8, 4) is 0 Å². The molecular formula is C16H24N2O3. The number of anilines is 1. The molecule has 0 fully saturated rings. The number of rotatable bonds is 8. The first-order chi connectivity index (χ1) is 9.88. The Bertz CT molecular complexity index is 469. The van der Waals surface area contributed by atoms with Crippen molar-refractivity contribution < 1.29 is 14.7 Å². The SMILES string of the molecule is CC(=O)Nc1ccc(CNCC(CC(C)C)C(=O)O)cc1. The van der Waals surface area contributed by atoms with Gasteiger partial charge in [-0.2, -0.15) is 0 Å². The zero-order chi connectivity index (χ0) is 15.8. The minimum absolute atomic E-state index is 0.0983. The van der Waals surface area contributed by atoms with E-state index in [1.54, 1.807) is 0 Å². The monoisotopic (exact) mass is 292 g/mol. The summed E-state index contributed by atoms with van der Waals surface area (Å²) >= 11 is 0. The van der Waals surface area contributed by atoms with Crippen molar-refractivity contribution in [3.63, 3.8) is 0 Å². The van der Waals surface area contributed by atoms with Crippen LogP contribution in [-0.2, 0) is 16.1 Å². The zero-order valence-corrected chi connectivity index (χ0v) is 12.8. The highest BCUT2D eigenvalue weighted by Crippen LogP contribution is 2.12. The fraction of sp³-hybridized carbons (Fsp3) is 0.500. The Morgan fingerprint density at radius 1 is 1.19 bits per heavy atom. The van der Waals surface area contributed by atoms with Crippen LogP contribution < -0.4 is 10.6 Å². The maximum Gasteiger partial charge on any atom is 0.307 e. The Hall–Kier alpha value is -1.88. The van der Waals surface area contributed by atoms with Crippen molar-refractivity contribution >= 4 is 17.6 Å². The molecule has 21 heavy (non-hydrogen) atoms. The number of carbonyl (C=O) groups excluding carboxylic acids is 1. The van der Waals surface area contributed by atoms with E-state index in [9.17, 15) is 9.59 Å². The molecule has 1 atom stereocenters. The number of carboxylic acid groups (broad SMARTS) is 1. The molecule has 0 aliphatic heterocycles. The van der Waals surface area contributed by atoms with Gasteiger partial charge in [-0.05, 0) is 30.0 Å². The van der Waals surface area contributed by atoms with Crippen molar-refractivity contribution in [2.75, 3.05) is 11.9 Å². The summed E-state index contributed by atoms with van der Waals surface area (Å²) in [5.74, 6) is -0.843. The molecule has 1 unspecified atom stereocenters. The lowest BCUT2D eigenvalue weighted by Gasteiger charge is -2.15. The Labute approximate surface area is 125 Å². The van der Waals surface area contributed by atoms with Gasteiger partial charge in [0.2, 0.25) is 5.91 Å². The van der Waals surface area contributed by atoms with E-state index in [-0.39, 0.29) is 11.8 Å². The van der Waals surface area contributed by atoms with Gasteiger partial charge in [-0.25, -0.2) is 0 Å². The van der Waals surface area contributed by atoms with E-state index in [1.165, 1.54) is 6.92 Å². The summed E-state index contributed by atoms with van der Waals surface area (Å²) in [6.07, 6.45) is 0.670. The topological polar surface area (TPSA) is 78.4 Å². The first-order valence-corrected chi connectivity index (χ1v) is 7.18. The third-order valence-corrected chi connectivity index (χ3v) is 3.10. The Morgan fingerprint density at radius 3 is 2.29 bits per heavy atom. The van der Waals surface area contributed by atoms with Crippen LogP contribution in [0.3, 0.4) is 0 Å². The van der Waals surface area contributed by atoms with Gasteiger partial charge in [-0.1, -0.05) is 26.0 Å². The predicted molar refractivity (Wildman–Crippen MR) is 83.0 cm³/mol. The summed E-state index contributed by atoms with van der Waals surface area (Å²) < 4.78 is 0. The van der Waals surface area contributed by atoms with Gasteiger partial charge in [-0.15, -0.1) is 0 Å². The molecule has 0 heterocycles. The van der Waals surface area contributed by atoms with E-state index in [4.69, 9.17) is 5.11 Å². The number of benzene rings is 1. The summed E-state index contributed by atoms with van der Waals surface area (Å²) in [5, 5.41) is 15.0. The normalized spacial score (nSPS) is 12.2. The molecule has 5 nitrogen and oxygen atoms in total. The minimum Gasteiger partial charge on any atom is -0.481 e. The smallest absolute Gasteiger partial charge is 0.307 e. The van der Waals surface area contributed by atoms with E-state index < -0.39 is 5.97 Å². The Kier molecular flexibility index (Phi) is 6.88. The molecule has 3 N–H and O–H groups in total. The van der Waals surface area contributed by atoms with Gasteiger partial charge in [0.25, 0.3) is 0 Å². The number of aliphatic carboxylic acids is 1. The first-order valence-electron chi connectivity index (χ1n) is 7.18. The summed E-state index contributed by atoms with van der Waals surface area (Å²) in [5.41, 5.74) is 1.81. The molecule has 0 aliphatic carbocycles. The summed E-state index contributed by atoms with van der Waals surface area (Å²) in [6.45, 7) is 6.59. The van der Waals surface area contributed by atoms with E-state index in [2.05, 4.69) is 10.6 Å². The van der Waals surface area contributed by atoms with Crippen LogP contribution in [0.1, 0.15) is 32.8 Å². The van der Waals surface area contributed by atoms with Crippen molar-refractivity contribution in [1.29, 1.82) is 0 Å². The quantitative estimate of drug-likeness (QED) is 0.688. The molecule has 1 aromatic carbocycles. The van der Waals surface area contributed by atoms with Gasteiger partial charge in [0, 0.05) is 25.7 Å². The molecule has 0 saturated carbocycles. The molecule has 116 valence electrons. The molecule has 1 rings (SSSR count). The van der Waals surface area contributed by atoms with E-state index >= 15 is 0 Å². The average Bonchev–Trinajstić information content (AvgIpc) is 2.38. The van der Waals surface area contributed by atoms with E-state index in [0.717, 1.165) is 11.3 Å². The first kappa shape index (κ1) is 17.2. The number of carbonyl (C=O) groups is 2. The summed E-state index contributed by atoms with van der Waals surface area (Å²) in [6, 6.07) is 7.50. The minimum atomic E-state index is -0.753. The average molecular weight is 292 g/mol. The molecule has 1 aromatic rings. The number of nitrogens with one attached hydrogen (secondary N) is 2. The number of hydrogen-bond donors (Lipinski definition) is 3. The van der Waals surface area contributed by atoms with Crippen molar-refractivity contribution in [2.45, 2.75) is 33.7 Å². The molecule has 0 bridgehead atoms. The van der Waals surface area contributed by atoms with Gasteiger partial charge >= 0.3 is 5.97 Å². The van der Waals surface area contributed by atoms with E-state index in [1.807, 2.05) is 38.1 Å². The fourth-order valence-electron chi connectivity index (χ4n) is 2.14. The lowest BCUT2D eigenvalue weighted by atomic mass is 9.97. The Morgan fingerprint density at radius 2 is 1.81 bits per heavy atom. The van der Waals surface area contributed by atoms with Gasteiger partial charge in [-0.3, -0.25) is 9.59 Å². The lowest BCUT2D eigenvalue weighted by Crippen LogP contribution is -2.29. The van der Waals surface area contributed by atoms with Crippen LogP contribution in [0.5, 0.6) is 0 Å². The van der Waals surface area contributed by atoms with Crippen LogP contribution in [-0.4, -0.2) is 23.5 Å². The van der Waals surface area contributed by atoms with Crippen LogP contribution in [0.25, 0.3) is 0 Å². The molecule has 0 radical (unpaired) electrons. The van der Waals surface area contributed by atoms with Crippen LogP contribution in [0.4, 0.5) is 5.69 Å². The maximum absolute atomic E-state index is 11.1. The van der Waals surface area contributed by atoms with Gasteiger partial charge < -0.3 is 15.7 Å². The van der Waals surface area contributed by atoms with E-state index in [0.29, 0.717) is 25.4 Å². The highest BCUT2D eigenvalue weighted by Gasteiger charge is 2.18. The van der Waals surface area contributed by atoms with Gasteiger partial charge in [0.15, 0.2) is 0 Å². The summed E-state index contributed by atoms with van der Waals surface area (Å²) in [7, 11) is 0. The van der Waals surface area contributed by atoms with Gasteiger partial charge in [0.1, 0.15) is 0 Å². The van der Waals surface area contributed by atoms with Crippen LogP contribution in [0, 0.1) is 11.8 Å². The number of hydrogen-bond acceptors (Lipinski definition) is 3. The molecule has 5 heteroatoms. The molecule has 0 saturated heterocycles. The standard InChI is InChI=1S/C16H24N2O3/c1-11(2)8-14(16(20)21)10-17-9-13-4-6-15(7-5-13)18-12(3)19/h4-7,11,14,17H,8-10H2,1-3H3,(H,18,19)(H,20,21). The molecule has 0 aliphatic rings. The lowest BCUT2D eigenvalue weighted by molar-refractivity contribution is -0.142. The number of carboxylic acids is 1. The zero-order valence-electron chi connectivity index (χ0n) is 12.8. The third kappa shape index (κ3) is 6.90. The van der Waals surface area contributed by atoms with Crippen molar-refractivity contribution in [3.05, 3.63) is 29.8 Å². The second kappa shape index (κ2) is 8.42. The van der Waals surface area contributed by atoms with Crippen molar-refractivity contribution in [1.82, 2.24) is 5.32 Å². The van der Waals surface area contributed by atoms with Crippen molar-refractivity contribution in [2.24, 2.45) is 11.8 Å². The molecule has 1 amide bonds. The van der Waals surface area contributed by atoms with Gasteiger partial charge in [0.05, 0.1) is 5.92 Å². The Balaban J connectivity index is 2.43. The number of amides is 1. The summed E-state index contributed by atoms with van der Waals surface area (Å²) in [4.78, 5) is 22.1. The molecule has 0 aromatic heterocycles. The predicted octanol–water partition coefficient (Wildman–Crippen LogP) is 2.48.